The summed E-state index contributed by atoms with van der Waals surface area (Å²) in [6, 6.07) is 16.0. The standard InChI is InChI=1S/C21H20N2O4/c1-3-27-20(25)17-14(2)22-21(26)23(18(17)15-10-6-4-7-11-15)19(24)16-12-8-5-9-13-16/h4-13,18H,3H2,1-2H3,(H,22,26). The predicted octanol–water partition coefficient (Wildman–Crippen LogP) is 3.43. The first-order valence-corrected chi connectivity index (χ1v) is 8.67. The van der Waals surface area contributed by atoms with E-state index in [1.54, 1.807) is 68.4 Å². The third-order valence-electron chi connectivity index (χ3n) is 4.30. The predicted molar refractivity (Wildman–Crippen MR) is 99.7 cm³/mol. The second-order valence-electron chi connectivity index (χ2n) is 6.04. The van der Waals surface area contributed by atoms with Crippen molar-refractivity contribution in [3.8, 4) is 0 Å². The number of carbonyl (C=O) groups excluding carboxylic acids is 3. The highest BCUT2D eigenvalue weighted by atomic mass is 16.5. The summed E-state index contributed by atoms with van der Waals surface area (Å²) in [6.45, 7) is 3.53. The van der Waals surface area contributed by atoms with Crippen molar-refractivity contribution in [2.45, 2.75) is 19.9 Å². The molecule has 1 aliphatic rings. The van der Waals surface area contributed by atoms with Crippen molar-refractivity contribution < 1.29 is 19.1 Å². The van der Waals surface area contributed by atoms with E-state index in [0.717, 1.165) is 4.90 Å². The van der Waals surface area contributed by atoms with E-state index >= 15 is 0 Å². The number of benzene rings is 2. The van der Waals surface area contributed by atoms with Gasteiger partial charge in [-0.25, -0.2) is 14.5 Å². The third-order valence-corrected chi connectivity index (χ3v) is 4.30. The number of nitrogens with one attached hydrogen (secondary N) is 1. The van der Waals surface area contributed by atoms with Crippen molar-refractivity contribution in [1.82, 2.24) is 10.2 Å². The lowest BCUT2D eigenvalue weighted by atomic mass is 9.93. The molecule has 27 heavy (non-hydrogen) atoms. The molecule has 0 aromatic heterocycles. The molecule has 0 spiro atoms. The molecule has 6 nitrogen and oxygen atoms in total. The van der Waals surface area contributed by atoms with Crippen LogP contribution in [0.1, 0.15) is 35.8 Å². The van der Waals surface area contributed by atoms with E-state index < -0.39 is 23.9 Å². The van der Waals surface area contributed by atoms with E-state index in [1.165, 1.54) is 0 Å². The van der Waals surface area contributed by atoms with Gasteiger partial charge in [0.2, 0.25) is 0 Å². The highest BCUT2D eigenvalue weighted by Crippen LogP contribution is 2.35. The highest BCUT2D eigenvalue weighted by molar-refractivity contribution is 6.08. The maximum Gasteiger partial charge on any atom is 0.338 e. The smallest absolute Gasteiger partial charge is 0.338 e. The van der Waals surface area contributed by atoms with Gasteiger partial charge < -0.3 is 10.1 Å². The first-order valence-electron chi connectivity index (χ1n) is 8.67. The molecule has 1 aliphatic heterocycles. The molecule has 0 aliphatic carbocycles. The Morgan fingerprint density at radius 3 is 2.22 bits per heavy atom. The number of hydrogen-bond acceptors (Lipinski definition) is 4. The monoisotopic (exact) mass is 364 g/mol. The molecule has 0 radical (unpaired) electrons. The van der Waals surface area contributed by atoms with Gasteiger partial charge in [0.1, 0.15) is 6.04 Å². The van der Waals surface area contributed by atoms with Gasteiger partial charge in [0, 0.05) is 11.3 Å². The number of ether oxygens (including phenoxy) is 1. The minimum atomic E-state index is -0.869. The summed E-state index contributed by atoms with van der Waals surface area (Å²) in [6.07, 6.45) is 0. The van der Waals surface area contributed by atoms with Crippen LogP contribution in [0.2, 0.25) is 0 Å². The molecular weight excluding hydrogens is 344 g/mol. The van der Waals surface area contributed by atoms with Crippen molar-refractivity contribution in [3.63, 3.8) is 0 Å². The number of esters is 1. The number of hydrogen-bond donors (Lipinski definition) is 1. The minimum absolute atomic E-state index is 0.192. The van der Waals surface area contributed by atoms with Crippen molar-refractivity contribution in [1.29, 1.82) is 0 Å². The summed E-state index contributed by atoms with van der Waals surface area (Å²) >= 11 is 0. The number of nitrogens with zero attached hydrogens (tertiary/aromatic N) is 1. The quantitative estimate of drug-likeness (QED) is 0.844. The lowest BCUT2D eigenvalue weighted by Crippen LogP contribution is -2.51. The van der Waals surface area contributed by atoms with Crippen LogP contribution in [0.5, 0.6) is 0 Å². The summed E-state index contributed by atoms with van der Waals surface area (Å²) < 4.78 is 5.19. The molecule has 1 heterocycles. The summed E-state index contributed by atoms with van der Waals surface area (Å²) in [5.41, 5.74) is 1.63. The van der Waals surface area contributed by atoms with Crippen LogP contribution in [-0.4, -0.2) is 29.4 Å². The lowest BCUT2D eigenvalue weighted by molar-refractivity contribution is -0.139. The largest absolute Gasteiger partial charge is 0.463 e. The van der Waals surface area contributed by atoms with E-state index in [0.29, 0.717) is 16.8 Å². The van der Waals surface area contributed by atoms with Crippen LogP contribution >= 0.6 is 0 Å². The fourth-order valence-corrected chi connectivity index (χ4v) is 3.09. The molecule has 3 amide bonds. The molecule has 1 unspecified atom stereocenters. The maximum absolute atomic E-state index is 13.1. The Hall–Kier alpha value is -3.41. The van der Waals surface area contributed by atoms with Crippen LogP contribution in [-0.2, 0) is 9.53 Å². The second kappa shape index (κ2) is 7.86. The van der Waals surface area contributed by atoms with Gasteiger partial charge in [-0.05, 0) is 31.5 Å². The lowest BCUT2D eigenvalue weighted by Gasteiger charge is -2.36. The average Bonchev–Trinajstić information content (AvgIpc) is 2.68. The normalized spacial score (nSPS) is 16.7. The minimum Gasteiger partial charge on any atom is -0.463 e. The average molecular weight is 364 g/mol. The van der Waals surface area contributed by atoms with Crippen LogP contribution in [0.25, 0.3) is 0 Å². The number of urea groups is 1. The van der Waals surface area contributed by atoms with Crippen LogP contribution in [0.15, 0.2) is 71.9 Å². The molecule has 1 atom stereocenters. The molecule has 3 rings (SSSR count). The zero-order valence-corrected chi connectivity index (χ0v) is 15.1. The van der Waals surface area contributed by atoms with Gasteiger partial charge in [0.15, 0.2) is 0 Å². The number of imide groups is 1. The summed E-state index contributed by atoms with van der Waals surface area (Å²) in [5, 5.41) is 2.61. The Kier molecular flexibility index (Phi) is 5.35. The molecular formula is C21H20N2O4. The van der Waals surface area contributed by atoms with Gasteiger partial charge in [0.25, 0.3) is 5.91 Å². The van der Waals surface area contributed by atoms with Gasteiger partial charge in [-0.3, -0.25) is 4.79 Å². The Morgan fingerprint density at radius 2 is 1.63 bits per heavy atom. The summed E-state index contributed by atoms with van der Waals surface area (Å²) in [7, 11) is 0. The molecule has 0 fully saturated rings. The van der Waals surface area contributed by atoms with Crippen LogP contribution in [0, 0.1) is 0 Å². The van der Waals surface area contributed by atoms with Crippen molar-refractivity contribution in [2.75, 3.05) is 6.61 Å². The van der Waals surface area contributed by atoms with Crippen LogP contribution < -0.4 is 5.32 Å². The molecule has 1 N–H and O–H groups in total. The fourth-order valence-electron chi connectivity index (χ4n) is 3.09. The first-order chi connectivity index (χ1) is 13.0. The highest BCUT2D eigenvalue weighted by Gasteiger charge is 2.42. The Labute approximate surface area is 157 Å². The van der Waals surface area contributed by atoms with Crippen molar-refractivity contribution in [3.05, 3.63) is 83.1 Å². The number of rotatable bonds is 4. The van der Waals surface area contributed by atoms with Crippen LogP contribution in [0.3, 0.4) is 0 Å². The molecule has 0 saturated carbocycles. The van der Waals surface area contributed by atoms with E-state index in [-0.39, 0.29) is 12.2 Å². The van der Waals surface area contributed by atoms with Gasteiger partial charge in [-0.15, -0.1) is 0 Å². The molecule has 0 bridgehead atoms. The Morgan fingerprint density at radius 1 is 1.04 bits per heavy atom. The number of carbonyl (C=O) groups is 3. The Balaban J connectivity index is 2.14. The maximum atomic E-state index is 13.1. The molecule has 138 valence electrons. The van der Waals surface area contributed by atoms with Gasteiger partial charge >= 0.3 is 12.0 Å². The molecule has 2 aromatic rings. The topological polar surface area (TPSA) is 75.7 Å². The summed E-state index contributed by atoms with van der Waals surface area (Å²) in [4.78, 5) is 39.6. The Bertz CT molecular complexity index is 891. The molecule has 2 aromatic carbocycles. The zero-order valence-electron chi connectivity index (χ0n) is 15.1. The van der Waals surface area contributed by atoms with E-state index in [1.807, 2.05) is 6.07 Å². The van der Waals surface area contributed by atoms with Gasteiger partial charge in [0.05, 0.1) is 12.2 Å². The fraction of sp³-hybridized carbons (Fsp3) is 0.190. The van der Waals surface area contributed by atoms with Crippen molar-refractivity contribution in [2.24, 2.45) is 0 Å². The summed E-state index contributed by atoms with van der Waals surface area (Å²) in [5.74, 6) is -1.05. The number of allylic oxidation sites excluding steroid dienone is 1. The van der Waals surface area contributed by atoms with E-state index in [2.05, 4.69) is 5.32 Å². The first kappa shape index (κ1) is 18.4. The number of amides is 3. The third kappa shape index (κ3) is 3.60. The zero-order chi connectivity index (χ0) is 19.4. The van der Waals surface area contributed by atoms with Gasteiger partial charge in [-0.1, -0.05) is 48.5 Å². The van der Waals surface area contributed by atoms with E-state index in [4.69, 9.17) is 4.74 Å². The van der Waals surface area contributed by atoms with E-state index in [9.17, 15) is 14.4 Å². The van der Waals surface area contributed by atoms with Gasteiger partial charge in [-0.2, -0.15) is 0 Å². The molecule has 0 saturated heterocycles. The second-order valence-corrected chi connectivity index (χ2v) is 6.04. The van der Waals surface area contributed by atoms with Crippen LogP contribution in [0.4, 0.5) is 4.79 Å². The molecule has 6 heteroatoms. The SMILES string of the molecule is CCOC(=O)C1=C(C)NC(=O)N(C(=O)c2ccccc2)C1c1ccccc1. The van der Waals surface area contributed by atoms with Crippen molar-refractivity contribution >= 4 is 17.9 Å².